The van der Waals surface area contributed by atoms with Gasteiger partial charge in [-0.2, -0.15) is 5.26 Å². The number of hydrogen-bond donors (Lipinski definition) is 1. The highest BCUT2D eigenvalue weighted by molar-refractivity contribution is 5.62. The quantitative estimate of drug-likeness (QED) is 0.684. The first-order chi connectivity index (χ1) is 13.2. The van der Waals surface area contributed by atoms with Crippen LogP contribution >= 0.6 is 0 Å². The molecule has 0 atom stereocenters. The van der Waals surface area contributed by atoms with Crippen LogP contribution in [0.25, 0.3) is 11.3 Å². The summed E-state index contributed by atoms with van der Waals surface area (Å²) in [4.78, 5) is 15.3. The molecule has 4 nitrogen and oxygen atoms in total. The second kappa shape index (κ2) is 7.51. The van der Waals surface area contributed by atoms with Gasteiger partial charge in [-0.15, -0.1) is 0 Å². The molecule has 0 aliphatic heterocycles. The third-order valence-electron chi connectivity index (χ3n) is 5.11. The summed E-state index contributed by atoms with van der Waals surface area (Å²) < 4.78 is 5.82. The van der Waals surface area contributed by atoms with E-state index in [9.17, 15) is 10.1 Å². The highest BCUT2D eigenvalue weighted by Crippen LogP contribution is 2.36. The summed E-state index contributed by atoms with van der Waals surface area (Å²) in [6.45, 7) is 0. The molecule has 4 heteroatoms. The molecule has 1 heterocycles. The topological polar surface area (TPSA) is 65.9 Å². The summed E-state index contributed by atoms with van der Waals surface area (Å²) in [7, 11) is 0. The maximum atomic E-state index is 12.4. The lowest BCUT2D eigenvalue weighted by atomic mass is 9.93. The monoisotopic (exact) mass is 356 g/mol. The van der Waals surface area contributed by atoms with Gasteiger partial charge < -0.3 is 9.72 Å². The van der Waals surface area contributed by atoms with E-state index in [4.69, 9.17) is 4.74 Å². The number of ether oxygens (including phenoxy) is 1. The maximum absolute atomic E-state index is 12.4. The largest absolute Gasteiger partial charge is 0.457 e. The van der Waals surface area contributed by atoms with Crippen molar-refractivity contribution in [3.05, 3.63) is 82.1 Å². The molecule has 3 aromatic rings. The van der Waals surface area contributed by atoms with Gasteiger partial charge in [-0.25, -0.2) is 0 Å². The summed E-state index contributed by atoms with van der Waals surface area (Å²) in [6.07, 6.45) is 4.40. The standard InChI is InChI=1S/C23H20N2O2/c24-15-21-20(16-6-4-5-7-16)14-22(25-23(21)26)17-10-12-19(13-11-17)27-18-8-2-1-3-9-18/h1-3,8-14,16H,4-7H2,(H,25,26). The summed E-state index contributed by atoms with van der Waals surface area (Å²) in [6, 6.07) is 21.3. The second-order valence-electron chi connectivity index (χ2n) is 6.88. The van der Waals surface area contributed by atoms with E-state index in [1.54, 1.807) is 0 Å². The van der Waals surface area contributed by atoms with Crippen LogP contribution < -0.4 is 10.3 Å². The molecule has 4 rings (SSSR count). The number of rotatable bonds is 4. The molecule has 0 bridgehead atoms. The van der Waals surface area contributed by atoms with Crippen molar-refractivity contribution in [1.82, 2.24) is 4.98 Å². The molecule has 27 heavy (non-hydrogen) atoms. The lowest BCUT2D eigenvalue weighted by molar-refractivity contribution is 0.483. The number of H-pyrrole nitrogens is 1. The molecule has 0 unspecified atom stereocenters. The van der Waals surface area contributed by atoms with E-state index < -0.39 is 0 Å². The zero-order chi connectivity index (χ0) is 18.6. The number of nitrogens with one attached hydrogen (secondary N) is 1. The van der Waals surface area contributed by atoms with Crippen LogP contribution in [0, 0.1) is 11.3 Å². The lowest BCUT2D eigenvalue weighted by Crippen LogP contribution is -2.15. The SMILES string of the molecule is N#Cc1c(C2CCCC2)cc(-c2ccc(Oc3ccccc3)cc2)[nH]c1=O. The van der Waals surface area contributed by atoms with Crippen molar-refractivity contribution >= 4 is 0 Å². The Labute approximate surface area is 158 Å². The Morgan fingerprint density at radius 1 is 0.963 bits per heavy atom. The molecule has 0 radical (unpaired) electrons. The minimum atomic E-state index is -0.304. The Morgan fingerprint density at radius 3 is 2.30 bits per heavy atom. The van der Waals surface area contributed by atoms with Crippen molar-refractivity contribution < 1.29 is 4.74 Å². The third-order valence-corrected chi connectivity index (χ3v) is 5.11. The van der Waals surface area contributed by atoms with Crippen LogP contribution in [0.1, 0.15) is 42.7 Å². The van der Waals surface area contributed by atoms with Gasteiger partial charge in [0.1, 0.15) is 23.1 Å². The zero-order valence-corrected chi connectivity index (χ0v) is 14.9. The van der Waals surface area contributed by atoms with Crippen molar-refractivity contribution in [2.45, 2.75) is 31.6 Å². The van der Waals surface area contributed by atoms with Gasteiger partial charge in [0.25, 0.3) is 5.56 Å². The number of para-hydroxylation sites is 1. The Kier molecular flexibility index (Phi) is 4.76. The van der Waals surface area contributed by atoms with Gasteiger partial charge in [0, 0.05) is 5.69 Å². The summed E-state index contributed by atoms with van der Waals surface area (Å²) in [5.74, 6) is 1.82. The van der Waals surface area contributed by atoms with E-state index in [2.05, 4.69) is 11.1 Å². The minimum absolute atomic E-state index is 0.259. The first-order valence-electron chi connectivity index (χ1n) is 9.25. The fraction of sp³-hybridized carbons (Fsp3) is 0.217. The molecule has 1 aliphatic rings. The van der Waals surface area contributed by atoms with Gasteiger partial charge in [-0.05, 0) is 72.4 Å². The number of hydrogen-bond acceptors (Lipinski definition) is 3. The average molecular weight is 356 g/mol. The first kappa shape index (κ1) is 17.1. The number of nitriles is 1. The van der Waals surface area contributed by atoms with Gasteiger partial charge in [0.15, 0.2) is 0 Å². The fourth-order valence-electron chi connectivity index (χ4n) is 3.74. The summed E-state index contributed by atoms with van der Waals surface area (Å²) >= 11 is 0. The van der Waals surface area contributed by atoms with E-state index in [1.165, 1.54) is 0 Å². The molecule has 1 saturated carbocycles. The summed E-state index contributed by atoms with van der Waals surface area (Å²) in [5.41, 5.74) is 2.48. The van der Waals surface area contributed by atoms with Gasteiger partial charge in [0.05, 0.1) is 0 Å². The number of nitrogens with zero attached hydrogens (tertiary/aromatic N) is 1. The Hall–Kier alpha value is -3.32. The zero-order valence-electron chi connectivity index (χ0n) is 14.9. The average Bonchev–Trinajstić information content (AvgIpc) is 3.23. The van der Waals surface area contributed by atoms with Crippen LogP contribution in [-0.4, -0.2) is 4.98 Å². The van der Waals surface area contributed by atoms with Gasteiger partial charge in [-0.3, -0.25) is 4.79 Å². The Morgan fingerprint density at radius 2 is 1.63 bits per heavy atom. The molecule has 0 spiro atoms. The lowest BCUT2D eigenvalue weighted by Gasteiger charge is -2.13. The van der Waals surface area contributed by atoms with E-state index >= 15 is 0 Å². The van der Waals surface area contributed by atoms with E-state index in [0.717, 1.165) is 54.0 Å². The Bertz CT molecular complexity index is 1020. The van der Waals surface area contributed by atoms with Crippen LogP contribution in [0.3, 0.4) is 0 Å². The summed E-state index contributed by atoms with van der Waals surface area (Å²) in [5, 5.41) is 9.41. The Balaban J connectivity index is 1.65. The molecule has 0 saturated heterocycles. The molecule has 0 amide bonds. The van der Waals surface area contributed by atoms with Gasteiger partial charge in [0.2, 0.25) is 0 Å². The van der Waals surface area contributed by atoms with Crippen molar-refractivity contribution in [1.29, 1.82) is 5.26 Å². The number of benzene rings is 2. The van der Waals surface area contributed by atoms with Crippen LogP contribution in [0.2, 0.25) is 0 Å². The molecule has 1 aromatic heterocycles. The van der Waals surface area contributed by atoms with Crippen LogP contribution in [0.5, 0.6) is 11.5 Å². The van der Waals surface area contributed by atoms with Gasteiger partial charge in [-0.1, -0.05) is 31.0 Å². The van der Waals surface area contributed by atoms with Crippen molar-refractivity contribution in [3.8, 4) is 28.8 Å². The van der Waals surface area contributed by atoms with Crippen molar-refractivity contribution in [2.24, 2.45) is 0 Å². The number of aromatic nitrogens is 1. The molecular weight excluding hydrogens is 336 g/mol. The molecule has 1 aliphatic carbocycles. The predicted octanol–water partition coefficient (Wildman–Crippen LogP) is 5.36. The molecule has 2 aromatic carbocycles. The molecular formula is C23H20N2O2. The smallest absolute Gasteiger partial charge is 0.266 e. The molecule has 1 fully saturated rings. The molecule has 1 N–H and O–H groups in total. The first-order valence-corrected chi connectivity index (χ1v) is 9.25. The van der Waals surface area contributed by atoms with E-state index in [-0.39, 0.29) is 11.1 Å². The van der Waals surface area contributed by atoms with E-state index in [0.29, 0.717) is 5.92 Å². The van der Waals surface area contributed by atoms with Crippen LogP contribution in [-0.2, 0) is 0 Å². The van der Waals surface area contributed by atoms with E-state index in [1.807, 2.05) is 60.7 Å². The second-order valence-corrected chi connectivity index (χ2v) is 6.88. The number of aromatic amines is 1. The van der Waals surface area contributed by atoms with Crippen LogP contribution in [0.4, 0.5) is 0 Å². The van der Waals surface area contributed by atoms with Gasteiger partial charge >= 0.3 is 0 Å². The van der Waals surface area contributed by atoms with Crippen molar-refractivity contribution in [2.75, 3.05) is 0 Å². The normalized spacial score (nSPS) is 14.0. The third kappa shape index (κ3) is 3.63. The minimum Gasteiger partial charge on any atom is -0.457 e. The van der Waals surface area contributed by atoms with Crippen LogP contribution in [0.15, 0.2) is 65.5 Å². The highest BCUT2D eigenvalue weighted by Gasteiger charge is 2.22. The molecule has 134 valence electrons. The highest BCUT2D eigenvalue weighted by atomic mass is 16.5. The maximum Gasteiger partial charge on any atom is 0.266 e. The predicted molar refractivity (Wildman–Crippen MR) is 105 cm³/mol. The van der Waals surface area contributed by atoms with Crippen molar-refractivity contribution in [3.63, 3.8) is 0 Å². The fourth-order valence-corrected chi connectivity index (χ4v) is 3.74. The number of pyridine rings is 1.